The largest absolute Gasteiger partial charge is 0.315 e. The quantitative estimate of drug-likeness (QED) is 0.413. The minimum atomic E-state index is 0.761. The van der Waals surface area contributed by atoms with Gasteiger partial charge in [0.25, 0.3) is 0 Å². The lowest BCUT2D eigenvalue weighted by Gasteiger charge is -2.05. The van der Waals surface area contributed by atoms with Crippen molar-refractivity contribution in [3.63, 3.8) is 0 Å². The molecule has 0 aliphatic rings. The molecular weight excluding hydrogens is 196 g/mol. The molecule has 0 heterocycles. The number of alkyl halides is 1. The predicted molar refractivity (Wildman–Crippen MR) is 65.2 cm³/mol. The number of rotatable bonds is 11. The van der Waals surface area contributed by atoms with Gasteiger partial charge in [-0.25, -0.2) is 0 Å². The summed E-state index contributed by atoms with van der Waals surface area (Å²) in [5.74, 6) is 0.761. The number of unbranched alkanes of at least 4 members (excludes halogenated alkanes) is 3. The molecule has 0 bridgehead atoms. The van der Waals surface area contributed by atoms with E-state index < -0.39 is 0 Å². The van der Waals surface area contributed by atoms with Gasteiger partial charge in [-0.2, -0.15) is 0 Å². The highest BCUT2D eigenvalue weighted by Gasteiger charge is 1.89. The highest BCUT2D eigenvalue weighted by atomic mass is 35.5. The Morgan fingerprint density at radius 2 is 1.43 bits per heavy atom. The van der Waals surface area contributed by atoms with Crippen LogP contribution in [-0.2, 0) is 0 Å². The van der Waals surface area contributed by atoms with E-state index >= 15 is 0 Å². The van der Waals surface area contributed by atoms with Crippen molar-refractivity contribution in [2.45, 2.75) is 39.0 Å². The molecule has 0 aromatic heterocycles. The fraction of sp³-hybridized carbons (Fsp3) is 1.00. The van der Waals surface area contributed by atoms with E-state index in [1.165, 1.54) is 25.7 Å². The normalized spacial score (nSPS) is 10.7. The van der Waals surface area contributed by atoms with E-state index in [-0.39, 0.29) is 0 Å². The van der Waals surface area contributed by atoms with Gasteiger partial charge in [-0.05, 0) is 25.9 Å². The third-order valence-corrected chi connectivity index (χ3v) is 2.44. The molecule has 3 heteroatoms. The number of halogens is 1. The van der Waals surface area contributed by atoms with E-state index in [1.54, 1.807) is 0 Å². The number of hydrogen-bond acceptors (Lipinski definition) is 2. The van der Waals surface area contributed by atoms with Gasteiger partial charge in [-0.1, -0.05) is 26.2 Å². The standard InChI is InChI=1S/C11H25ClN2/c1-2-3-4-5-8-13-10-11-14-9-6-7-12/h13-14H,2-11H2,1H3. The average Bonchev–Trinajstić information content (AvgIpc) is 2.21. The summed E-state index contributed by atoms with van der Waals surface area (Å²) in [6, 6.07) is 0. The van der Waals surface area contributed by atoms with Crippen LogP contribution in [0, 0.1) is 0 Å². The molecule has 0 unspecified atom stereocenters. The van der Waals surface area contributed by atoms with Crippen molar-refractivity contribution in [3.05, 3.63) is 0 Å². The van der Waals surface area contributed by atoms with Crippen LogP contribution < -0.4 is 10.6 Å². The van der Waals surface area contributed by atoms with Gasteiger partial charge in [0, 0.05) is 19.0 Å². The van der Waals surface area contributed by atoms with Gasteiger partial charge in [0.15, 0.2) is 0 Å². The molecule has 0 fully saturated rings. The first-order valence-electron chi connectivity index (χ1n) is 5.89. The molecule has 0 radical (unpaired) electrons. The van der Waals surface area contributed by atoms with E-state index in [9.17, 15) is 0 Å². The summed E-state index contributed by atoms with van der Waals surface area (Å²) in [4.78, 5) is 0. The second-order valence-electron chi connectivity index (χ2n) is 3.60. The first kappa shape index (κ1) is 14.2. The van der Waals surface area contributed by atoms with Crippen LogP contribution in [0.5, 0.6) is 0 Å². The van der Waals surface area contributed by atoms with Crippen molar-refractivity contribution in [2.75, 3.05) is 32.1 Å². The van der Waals surface area contributed by atoms with E-state index in [4.69, 9.17) is 11.6 Å². The van der Waals surface area contributed by atoms with Crippen molar-refractivity contribution in [2.24, 2.45) is 0 Å². The number of hydrogen-bond donors (Lipinski definition) is 2. The summed E-state index contributed by atoms with van der Waals surface area (Å²) in [6.45, 7) is 6.59. The van der Waals surface area contributed by atoms with Gasteiger partial charge in [0.05, 0.1) is 0 Å². The molecule has 2 nitrogen and oxygen atoms in total. The van der Waals surface area contributed by atoms with E-state index in [2.05, 4.69) is 17.6 Å². The minimum absolute atomic E-state index is 0.761. The highest BCUT2D eigenvalue weighted by Crippen LogP contribution is 1.96. The molecule has 0 aromatic rings. The summed E-state index contributed by atoms with van der Waals surface area (Å²) in [5.41, 5.74) is 0. The third kappa shape index (κ3) is 12.2. The Kier molecular flexibility index (Phi) is 13.4. The zero-order valence-electron chi connectivity index (χ0n) is 9.45. The van der Waals surface area contributed by atoms with Gasteiger partial charge >= 0.3 is 0 Å². The molecule has 86 valence electrons. The molecule has 2 N–H and O–H groups in total. The van der Waals surface area contributed by atoms with Crippen LogP contribution in [-0.4, -0.2) is 32.1 Å². The maximum Gasteiger partial charge on any atom is 0.0235 e. The van der Waals surface area contributed by atoms with Gasteiger partial charge in [-0.3, -0.25) is 0 Å². The molecule has 0 atom stereocenters. The predicted octanol–water partition coefficient (Wildman–Crippen LogP) is 2.37. The molecule has 0 saturated carbocycles. The molecule has 0 amide bonds. The Labute approximate surface area is 93.8 Å². The number of nitrogens with one attached hydrogen (secondary N) is 2. The molecule has 0 rings (SSSR count). The van der Waals surface area contributed by atoms with Crippen molar-refractivity contribution in [3.8, 4) is 0 Å². The van der Waals surface area contributed by atoms with Gasteiger partial charge in [0.2, 0.25) is 0 Å². The van der Waals surface area contributed by atoms with Crippen molar-refractivity contribution < 1.29 is 0 Å². The lowest BCUT2D eigenvalue weighted by atomic mass is 10.2. The zero-order chi connectivity index (χ0) is 10.5. The van der Waals surface area contributed by atoms with Crippen molar-refractivity contribution >= 4 is 11.6 Å². The van der Waals surface area contributed by atoms with E-state index in [0.29, 0.717) is 0 Å². The first-order valence-corrected chi connectivity index (χ1v) is 6.42. The van der Waals surface area contributed by atoms with Crippen LogP contribution in [0.1, 0.15) is 39.0 Å². The van der Waals surface area contributed by atoms with Crippen LogP contribution in [0.15, 0.2) is 0 Å². The zero-order valence-corrected chi connectivity index (χ0v) is 10.2. The smallest absolute Gasteiger partial charge is 0.0235 e. The van der Waals surface area contributed by atoms with Crippen LogP contribution >= 0.6 is 11.6 Å². The maximum atomic E-state index is 5.56. The van der Waals surface area contributed by atoms with Crippen LogP contribution in [0.3, 0.4) is 0 Å². The van der Waals surface area contributed by atoms with Gasteiger partial charge < -0.3 is 10.6 Å². The van der Waals surface area contributed by atoms with E-state index in [0.717, 1.165) is 38.5 Å². The topological polar surface area (TPSA) is 24.1 Å². The summed E-state index contributed by atoms with van der Waals surface area (Å²) >= 11 is 5.56. The van der Waals surface area contributed by atoms with Crippen molar-refractivity contribution in [1.82, 2.24) is 10.6 Å². The molecule has 0 saturated heterocycles. The Hall–Kier alpha value is 0.210. The first-order chi connectivity index (χ1) is 6.91. The van der Waals surface area contributed by atoms with Crippen LogP contribution in [0.25, 0.3) is 0 Å². The SMILES string of the molecule is CCCCCCNCCNCCCCl. The molecule has 0 aromatic carbocycles. The second kappa shape index (κ2) is 13.2. The summed E-state index contributed by atoms with van der Waals surface area (Å²) in [7, 11) is 0. The molecule has 0 spiro atoms. The van der Waals surface area contributed by atoms with Crippen molar-refractivity contribution in [1.29, 1.82) is 0 Å². The van der Waals surface area contributed by atoms with Crippen LogP contribution in [0.4, 0.5) is 0 Å². The molecule has 0 aliphatic carbocycles. The fourth-order valence-electron chi connectivity index (χ4n) is 1.30. The summed E-state index contributed by atoms with van der Waals surface area (Å²) < 4.78 is 0. The minimum Gasteiger partial charge on any atom is -0.315 e. The Morgan fingerprint density at radius 1 is 0.786 bits per heavy atom. The lowest BCUT2D eigenvalue weighted by molar-refractivity contribution is 0.571. The average molecular weight is 221 g/mol. The van der Waals surface area contributed by atoms with Gasteiger partial charge in [0.1, 0.15) is 0 Å². The Morgan fingerprint density at radius 3 is 2.00 bits per heavy atom. The summed E-state index contributed by atoms with van der Waals surface area (Å²) in [5, 5.41) is 6.77. The van der Waals surface area contributed by atoms with E-state index in [1.807, 2.05) is 0 Å². The highest BCUT2D eigenvalue weighted by molar-refractivity contribution is 6.17. The fourth-order valence-corrected chi connectivity index (χ4v) is 1.43. The van der Waals surface area contributed by atoms with Crippen LogP contribution in [0.2, 0.25) is 0 Å². The van der Waals surface area contributed by atoms with Gasteiger partial charge in [-0.15, -0.1) is 11.6 Å². The Bertz CT molecular complexity index is 87.3. The Balaban J connectivity index is 2.78. The molecule has 0 aliphatic heterocycles. The molecular formula is C11H25ClN2. The second-order valence-corrected chi connectivity index (χ2v) is 3.98. The molecule has 14 heavy (non-hydrogen) atoms. The summed E-state index contributed by atoms with van der Waals surface area (Å²) in [6.07, 6.45) is 6.44. The lowest BCUT2D eigenvalue weighted by Crippen LogP contribution is -2.28. The monoisotopic (exact) mass is 220 g/mol. The third-order valence-electron chi connectivity index (χ3n) is 2.17. The maximum absolute atomic E-state index is 5.56.